The minimum atomic E-state index is -0.849. The number of hydrogen-bond donors (Lipinski definition) is 0. The molecule has 0 unspecified atom stereocenters. The smallest absolute Gasteiger partial charge is 0.324 e. The number of aromatic nitrogens is 3. The summed E-state index contributed by atoms with van der Waals surface area (Å²) in [5, 5.41) is 7.08. The molecule has 3 heterocycles. The molecule has 2 amide bonds. The van der Waals surface area contributed by atoms with E-state index < -0.39 is 17.8 Å². The molecule has 2 aromatic heterocycles. The molecule has 0 aliphatic carbocycles. The van der Waals surface area contributed by atoms with Gasteiger partial charge in [-0.25, -0.2) is 14.5 Å². The number of aryl methyl sites for hydroxylation is 1. The van der Waals surface area contributed by atoms with Gasteiger partial charge in [-0.3, -0.25) is 9.59 Å². The number of benzene rings is 1. The molecular weight excluding hydrogens is 356 g/mol. The molecule has 0 saturated carbocycles. The first-order valence-electron chi connectivity index (χ1n) is 7.78. The second-order valence-electron chi connectivity index (χ2n) is 5.48. The number of nitrogens with zero attached hydrogens (tertiary/aromatic N) is 4. The molecule has 1 aliphatic heterocycles. The lowest BCUT2D eigenvalue weighted by molar-refractivity contribution is -0.0584. The number of imide groups is 1. The summed E-state index contributed by atoms with van der Waals surface area (Å²) < 4.78 is 1.45. The Kier molecular flexibility index (Phi) is 3.85. The van der Waals surface area contributed by atoms with E-state index in [4.69, 9.17) is 4.84 Å². The first kappa shape index (κ1) is 16.2. The van der Waals surface area contributed by atoms with Crippen molar-refractivity contribution >= 4 is 29.1 Å². The van der Waals surface area contributed by atoms with Gasteiger partial charge in [0.05, 0.1) is 23.0 Å². The average molecular weight is 368 g/mol. The van der Waals surface area contributed by atoms with Gasteiger partial charge in [-0.15, -0.1) is 11.3 Å². The molecule has 0 radical (unpaired) electrons. The highest BCUT2D eigenvalue weighted by Crippen LogP contribution is 2.23. The number of rotatable bonds is 4. The highest BCUT2D eigenvalue weighted by Gasteiger charge is 2.38. The Balaban J connectivity index is 1.53. The number of thiazole rings is 1. The summed E-state index contributed by atoms with van der Waals surface area (Å²) in [4.78, 5) is 46.2. The molecule has 0 spiro atoms. The summed E-state index contributed by atoms with van der Waals surface area (Å²) in [6.45, 7) is 1.99. The van der Waals surface area contributed by atoms with E-state index in [0.717, 1.165) is 12.1 Å². The number of amides is 2. The van der Waals surface area contributed by atoms with Crippen molar-refractivity contribution in [1.29, 1.82) is 0 Å². The summed E-state index contributed by atoms with van der Waals surface area (Å²) in [6, 6.07) is 6.29. The van der Waals surface area contributed by atoms with E-state index in [0.29, 0.717) is 10.2 Å². The molecule has 1 aliphatic rings. The predicted molar refractivity (Wildman–Crippen MR) is 91.0 cm³/mol. The van der Waals surface area contributed by atoms with Crippen LogP contribution in [-0.4, -0.2) is 37.6 Å². The zero-order valence-corrected chi connectivity index (χ0v) is 14.4. The van der Waals surface area contributed by atoms with Crippen LogP contribution in [-0.2, 0) is 11.3 Å². The topological polar surface area (TPSA) is 94.4 Å². The zero-order chi connectivity index (χ0) is 18.3. The molecule has 0 fully saturated rings. The Morgan fingerprint density at radius 1 is 1.19 bits per heavy atom. The maximum absolute atomic E-state index is 12.3. The van der Waals surface area contributed by atoms with Crippen LogP contribution < -0.4 is 0 Å². The van der Waals surface area contributed by atoms with E-state index in [2.05, 4.69) is 10.1 Å². The molecule has 0 N–H and O–H groups in total. The predicted octanol–water partition coefficient (Wildman–Crippen LogP) is 2.26. The van der Waals surface area contributed by atoms with E-state index in [-0.39, 0.29) is 16.7 Å². The van der Waals surface area contributed by atoms with Gasteiger partial charge in [-0.2, -0.15) is 5.10 Å². The fourth-order valence-corrected chi connectivity index (χ4v) is 3.32. The van der Waals surface area contributed by atoms with Crippen molar-refractivity contribution in [2.24, 2.45) is 0 Å². The highest BCUT2D eigenvalue weighted by atomic mass is 32.1. The van der Waals surface area contributed by atoms with Crippen molar-refractivity contribution in [1.82, 2.24) is 19.8 Å². The molecule has 8 nitrogen and oxygen atoms in total. The maximum Gasteiger partial charge on any atom is 0.367 e. The SMILES string of the molecule is CCc1csc(-n2cc(C(=O)ON3C(=O)c4ccccc4C3=O)cn2)n1. The Morgan fingerprint density at radius 2 is 1.88 bits per heavy atom. The minimum Gasteiger partial charge on any atom is -0.324 e. The van der Waals surface area contributed by atoms with E-state index in [9.17, 15) is 14.4 Å². The molecule has 0 atom stereocenters. The van der Waals surface area contributed by atoms with Crippen LogP contribution in [0.3, 0.4) is 0 Å². The summed E-state index contributed by atoms with van der Waals surface area (Å²) in [7, 11) is 0. The number of carbonyl (C=O) groups excluding carboxylic acids is 3. The molecule has 4 rings (SSSR count). The van der Waals surface area contributed by atoms with Gasteiger partial charge < -0.3 is 4.84 Å². The third-order valence-corrected chi connectivity index (χ3v) is 4.73. The van der Waals surface area contributed by atoms with Gasteiger partial charge >= 0.3 is 5.97 Å². The van der Waals surface area contributed by atoms with E-state index >= 15 is 0 Å². The summed E-state index contributed by atoms with van der Waals surface area (Å²) in [5.74, 6) is -2.18. The Hall–Kier alpha value is -3.33. The molecule has 3 aromatic rings. The number of carbonyl (C=O) groups is 3. The quantitative estimate of drug-likeness (QED) is 0.656. The van der Waals surface area contributed by atoms with Gasteiger partial charge in [0, 0.05) is 11.6 Å². The van der Waals surface area contributed by atoms with Crippen molar-refractivity contribution in [3.8, 4) is 5.13 Å². The molecule has 9 heteroatoms. The molecule has 130 valence electrons. The fourth-order valence-electron chi connectivity index (χ4n) is 2.48. The van der Waals surface area contributed by atoms with Crippen molar-refractivity contribution < 1.29 is 19.2 Å². The van der Waals surface area contributed by atoms with Crippen molar-refractivity contribution in [2.45, 2.75) is 13.3 Å². The second-order valence-corrected chi connectivity index (χ2v) is 6.31. The van der Waals surface area contributed by atoms with E-state index in [1.165, 1.54) is 40.5 Å². The first-order valence-corrected chi connectivity index (χ1v) is 8.66. The van der Waals surface area contributed by atoms with Gasteiger partial charge in [0.2, 0.25) is 5.13 Å². The second kappa shape index (κ2) is 6.19. The third-order valence-electron chi connectivity index (χ3n) is 3.85. The lowest BCUT2D eigenvalue weighted by atomic mass is 10.1. The van der Waals surface area contributed by atoms with Crippen LogP contribution >= 0.6 is 11.3 Å². The van der Waals surface area contributed by atoms with Crippen molar-refractivity contribution in [3.63, 3.8) is 0 Å². The largest absolute Gasteiger partial charge is 0.367 e. The normalized spacial score (nSPS) is 13.2. The van der Waals surface area contributed by atoms with Crippen LogP contribution in [0, 0.1) is 0 Å². The van der Waals surface area contributed by atoms with Crippen LogP contribution in [0.5, 0.6) is 0 Å². The van der Waals surface area contributed by atoms with Gasteiger partial charge in [-0.05, 0) is 18.6 Å². The molecule has 0 saturated heterocycles. The summed E-state index contributed by atoms with van der Waals surface area (Å²) in [6.07, 6.45) is 3.54. The van der Waals surface area contributed by atoms with Gasteiger partial charge in [0.15, 0.2) is 0 Å². The highest BCUT2D eigenvalue weighted by molar-refractivity contribution is 7.12. The molecule has 1 aromatic carbocycles. The summed E-state index contributed by atoms with van der Waals surface area (Å²) >= 11 is 1.40. The molecular formula is C17H12N4O4S. The standard InChI is InChI=1S/C17H12N4O4S/c1-2-11-9-26-17(19-11)20-8-10(7-18-20)16(24)25-21-14(22)12-5-3-4-6-13(12)15(21)23/h3-9H,2H2,1H3. The number of hydroxylamine groups is 2. The van der Waals surface area contributed by atoms with Crippen LogP contribution in [0.25, 0.3) is 5.13 Å². The van der Waals surface area contributed by atoms with Crippen LogP contribution in [0.15, 0.2) is 42.0 Å². The minimum absolute atomic E-state index is 0.106. The Bertz CT molecular complexity index is 1000. The lowest BCUT2D eigenvalue weighted by Gasteiger charge is -2.11. The van der Waals surface area contributed by atoms with Crippen LogP contribution in [0.4, 0.5) is 0 Å². The Morgan fingerprint density at radius 3 is 2.50 bits per heavy atom. The Labute approximate surface area is 151 Å². The van der Waals surface area contributed by atoms with Crippen LogP contribution in [0.1, 0.15) is 43.7 Å². The van der Waals surface area contributed by atoms with Crippen LogP contribution in [0.2, 0.25) is 0 Å². The number of fused-ring (bicyclic) bond motifs is 1. The van der Waals surface area contributed by atoms with Gasteiger partial charge in [-0.1, -0.05) is 24.1 Å². The van der Waals surface area contributed by atoms with Gasteiger partial charge in [0.25, 0.3) is 11.8 Å². The van der Waals surface area contributed by atoms with Gasteiger partial charge in [0.1, 0.15) is 5.56 Å². The van der Waals surface area contributed by atoms with E-state index in [1.807, 2.05) is 12.3 Å². The maximum atomic E-state index is 12.3. The average Bonchev–Trinajstić information content (AvgIpc) is 3.37. The number of hydrogen-bond acceptors (Lipinski definition) is 7. The first-order chi connectivity index (χ1) is 12.6. The molecule has 0 bridgehead atoms. The zero-order valence-electron chi connectivity index (χ0n) is 13.6. The summed E-state index contributed by atoms with van der Waals surface area (Å²) in [5.41, 5.74) is 1.44. The third kappa shape index (κ3) is 2.58. The van der Waals surface area contributed by atoms with Crippen molar-refractivity contribution in [3.05, 3.63) is 64.4 Å². The monoisotopic (exact) mass is 368 g/mol. The van der Waals surface area contributed by atoms with Crippen molar-refractivity contribution in [2.75, 3.05) is 0 Å². The molecule has 26 heavy (non-hydrogen) atoms. The fraction of sp³-hybridized carbons (Fsp3) is 0.118. The van der Waals surface area contributed by atoms with E-state index in [1.54, 1.807) is 12.1 Å². The lowest BCUT2D eigenvalue weighted by Crippen LogP contribution is -2.32.